The number of amides is 1. The van der Waals surface area contributed by atoms with Gasteiger partial charge in [0.25, 0.3) is 0 Å². The van der Waals surface area contributed by atoms with Crippen LogP contribution in [0.4, 0.5) is 0 Å². The van der Waals surface area contributed by atoms with E-state index in [1.165, 1.54) is 11.8 Å². The summed E-state index contributed by atoms with van der Waals surface area (Å²) >= 11 is 8.47. The molecule has 1 N–H and O–H groups in total. The van der Waals surface area contributed by atoms with E-state index in [2.05, 4.69) is 42.4 Å². The van der Waals surface area contributed by atoms with Gasteiger partial charge in [-0.05, 0) is 39.7 Å². The van der Waals surface area contributed by atoms with Crippen LogP contribution in [0.25, 0.3) is 0 Å². The van der Waals surface area contributed by atoms with Crippen LogP contribution in [0.3, 0.4) is 0 Å². The number of thioether (sulfide) groups is 1. The van der Waals surface area contributed by atoms with E-state index in [0.717, 1.165) is 25.8 Å². The number of nitrogens with one attached hydrogen (secondary N) is 1. The fourth-order valence-electron chi connectivity index (χ4n) is 2.11. The molecular weight excluding hydrogens is 472 g/mol. The molecule has 0 aliphatic carbocycles. The third-order valence-electron chi connectivity index (χ3n) is 3.33. The lowest BCUT2D eigenvalue weighted by atomic mass is 10.2. The largest absolute Gasteiger partial charge is 0.454 e. The van der Waals surface area contributed by atoms with Crippen LogP contribution in [0.5, 0.6) is 11.5 Å². The second-order valence-electron chi connectivity index (χ2n) is 5.10. The number of carbonyl (C=O) groups is 1. The number of ether oxygens (including phenoxy) is 2. The zero-order valence-electron chi connectivity index (χ0n) is 13.0. The molecule has 0 radical (unpaired) electrons. The molecule has 1 aliphatic rings. The van der Waals surface area contributed by atoms with Crippen molar-refractivity contribution in [3.05, 3.63) is 56.5 Å². The van der Waals surface area contributed by atoms with Crippen LogP contribution in [-0.4, -0.2) is 24.7 Å². The number of carbonyl (C=O) groups excluding carboxylic acids is 1. The third kappa shape index (κ3) is 4.99. The molecule has 2 aromatic carbocycles. The van der Waals surface area contributed by atoms with E-state index in [0.29, 0.717) is 17.3 Å². The Morgan fingerprint density at radius 2 is 1.96 bits per heavy atom. The van der Waals surface area contributed by atoms with Crippen LogP contribution < -0.4 is 14.9 Å². The Morgan fingerprint density at radius 3 is 2.76 bits per heavy atom. The van der Waals surface area contributed by atoms with Crippen LogP contribution in [0.15, 0.2) is 50.4 Å². The third-order valence-corrected chi connectivity index (χ3v) is 5.78. The Bertz CT molecular complexity index is 814. The number of rotatable bonds is 6. The average Bonchev–Trinajstić information content (AvgIpc) is 3.04. The lowest BCUT2D eigenvalue weighted by Gasteiger charge is -2.04. The summed E-state index contributed by atoms with van der Waals surface area (Å²) in [5.41, 5.74) is 4.49. The number of hydrazone groups is 1. The summed E-state index contributed by atoms with van der Waals surface area (Å²) in [5.74, 6) is 2.30. The maximum absolute atomic E-state index is 11.9. The molecule has 1 amide bonds. The predicted molar refractivity (Wildman–Crippen MR) is 106 cm³/mol. The minimum Gasteiger partial charge on any atom is -0.454 e. The van der Waals surface area contributed by atoms with E-state index in [9.17, 15) is 4.79 Å². The molecule has 1 heterocycles. The van der Waals surface area contributed by atoms with Crippen molar-refractivity contribution < 1.29 is 14.3 Å². The molecule has 2 aromatic rings. The molecule has 0 atom stereocenters. The van der Waals surface area contributed by atoms with Gasteiger partial charge in [0.05, 0.1) is 12.0 Å². The Morgan fingerprint density at radius 1 is 1.20 bits per heavy atom. The van der Waals surface area contributed by atoms with Gasteiger partial charge in [-0.3, -0.25) is 4.79 Å². The standard InChI is InChI=1S/C17H14Br2N2O3S/c18-13-4-2-1-3-11(13)8-25-9-17(22)21-20-7-12-5-15-16(6-14(12)19)24-10-23-15/h1-7H,8-10H2,(H,21,22)/b20-7+. The first-order chi connectivity index (χ1) is 12.1. The van der Waals surface area contributed by atoms with Crippen molar-refractivity contribution in [2.45, 2.75) is 5.75 Å². The molecule has 0 bridgehead atoms. The van der Waals surface area contributed by atoms with Gasteiger partial charge < -0.3 is 9.47 Å². The highest BCUT2D eigenvalue weighted by molar-refractivity contribution is 9.10. The minimum absolute atomic E-state index is 0.148. The lowest BCUT2D eigenvalue weighted by molar-refractivity contribution is -0.118. The van der Waals surface area contributed by atoms with Gasteiger partial charge in [-0.2, -0.15) is 5.10 Å². The highest BCUT2D eigenvalue weighted by atomic mass is 79.9. The molecule has 3 rings (SSSR count). The number of benzene rings is 2. The summed E-state index contributed by atoms with van der Waals surface area (Å²) in [4.78, 5) is 11.9. The average molecular weight is 486 g/mol. The summed E-state index contributed by atoms with van der Waals surface area (Å²) in [6.45, 7) is 0.216. The quantitative estimate of drug-likeness (QED) is 0.488. The second kappa shape index (κ2) is 8.73. The molecule has 1 aliphatic heterocycles. The summed E-state index contributed by atoms with van der Waals surface area (Å²) in [7, 11) is 0. The predicted octanol–water partition coefficient (Wildman–Crippen LogP) is 4.32. The van der Waals surface area contributed by atoms with E-state index in [-0.39, 0.29) is 12.7 Å². The molecule has 0 saturated heterocycles. The Balaban J connectivity index is 1.47. The fraction of sp³-hybridized carbons (Fsp3) is 0.176. The molecule has 0 fully saturated rings. The SMILES string of the molecule is O=C(CSCc1ccccc1Br)N/N=C/c1cc2c(cc1Br)OCO2. The van der Waals surface area contributed by atoms with Gasteiger partial charge in [0.1, 0.15) is 0 Å². The van der Waals surface area contributed by atoms with E-state index in [1.54, 1.807) is 6.21 Å². The molecule has 5 nitrogen and oxygen atoms in total. The fourth-order valence-corrected chi connectivity index (χ4v) is 3.97. The minimum atomic E-state index is -0.148. The molecule has 8 heteroatoms. The molecule has 0 unspecified atom stereocenters. The molecule has 25 heavy (non-hydrogen) atoms. The monoisotopic (exact) mass is 484 g/mol. The summed E-state index contributed by atoms with van der Waals surface area (Å²) in [5, 5.41) is 4.00. The van der Waals surface area contributed by atoms with Crippen molar-refractivity contribution in [1.82, 2.24) is 5.43 Å². The van der Waals surface area contributed by atoms with Crippen molar-refractivity contribution in [2.75, 3.05) is 12.5 Å². The number of hydrogen-bond acceptors (Lipinski definition) is 5. The Hall–Kier alpha value is -1.51. The smallest absolute Gasteiger partial charge is 0.250 e. The van der Waals surface area contributed by atoms with Crippen molar-refractivity contribution in [2.24, 2.45) is 5.10 Å². The van der Waals surface area contributed by atoms with E-state index >= 15 is 0 Å². The highest BCUT2D eigenvalue weighted by Crippen LogP contribution is 2.36. The summed E-state index contributed by atoms with van der Waals surface area (Å²) < 4.78 is 12.5. The molecule has 0 spiro atoms. The number of halogens is 2. The van der Waals surface area contributed by atoms with Crippen LogP contribution in [0.2, 0.25) is 0 Å². The first-order valence-corrected chi connectivity index (χ1v) is 10.1. The number of hydrogen-bond donors (Lipinski definition) is 1. The van der Waals surface area contributed by atoms with Crippen molar-refractivity contribution in [3.8, 4) is 11.5 Å². The maximum atomic E-state index is 11.9. The Labute approximate surface area is 166 Å². The highest BCUT2D eigenvalue weighted by Gasteiger charge is 2.15. The van der Waals surface area contributed by atoms with Gasteiger partial charge >= 0.3 is 0 Å². The molecule has 130 valence electrons. The molecule has 0 aromatic heterocycles. The number of fused-ring (bicyclic) bond motifs is 1. The van der Waals surface area contributed by atoms with E-state index in [1.807, 2.05) is 36.4 Å². The van der Waals surface area contributed by atoms with Crippen molar-refractivity contribution in [1.29, 1.82) is 0 Å². The molecular formula is C17H14Br2N2O3S. The van der Waals surface area contributed by atoms with Crippen LogP contribution in [0.1, 0.15) is 11.1 Å². The van der Waals surface area contributed by atoms with Gasteiger partial charge in [-0.25, -0.2) is 5.43 Å². The van der Waals surface area contributed by atoms with Gasteiger partial charge in [0.2, 0.25) is 12.7 Å². The number of nitrogens with zero attached hydrogens (tertiary/aromatic N) is 1. The zero-order valence-corrected chi connectivity index (χ0v) is 17.0. The van der Waals surface area contributed by atoms with Crippen molar-refractivity contribution >= 4 is 55.7 Å². The second-order valence-corrected chi connectivity index (χ2v) is 7.80. The van der Waals surface area contributed by atoms with Gasteiger partial charge in [0, 0.05) is 20.3 Å². The summed E-state index contributed by atoms with van der Waals surface area (Å²) in [6.07, 6.45) is 1.57. The van der Waals surface area contributed by atoms with E-state index in [4.69, 9.17) is 9.47 Å². The van der Waals surface area contributed by atoms with Gasteiger partial charge in [-0.15, -0.1) is 11.8 Å². The van der Waals surface area contributed by atoms with Crippen LogP contribution >= 0.6 is 43.6 Å². The zero-order chi connectivity index (χ0) is 17.6. The first-order valence-electron chi connectivity index (χ1n) is 7.35. The van der Waals surface area contributed by atoms with Crippen LogP contribution in [-0.2, 0) is 10.5 Å². The van der Waals surface area contributed by atoms with Gasteiger partial charge in [-0.1, -0.05) is 34.1 Å². The van der Waals surface area contributed by atoms with Gasteiger partial charge in [0.15, 0.2) is 11.5 Å². The Kier molecular flexibility index (Phi) is 6.39. The maximum Gasteiger partial charge on any atom is 0.250 e. The van der Waals surface area contributed by atoms with Crippen molar-refractivity contribution in [3.63, 3.8) is 0 Å². The van der Waals surface area contributed by atoms with E-state index < -0.39 is 0 Å². The van der Waals surface area contributed by atoms with Crippen LogP contribution in [0, 0.1) is 0 Å². The molecule has 0 saturated carbocycles. The summed E-state index contributed by atoms with van der Waals surface area (Å²) in [6, 6.07) is 11.6. The topological polar surface area (TPSA) is 59.9 Å². The first kappa shape index (κ1) is 18.3. The lowest BCUT2D eigenvalue weighted by Crippen LogP contribution is -2.19. The normalized spacial score (nSPS) is 12.6.